The Morgan fingerprint density at radius 2 is 2.35 bits per heavy atom. The lowest BCUT2D eigenvalue weighted by Crippen LogP contribution is -2.47. The van der Waals surface area contributed by atoms with E-state index in [0.29, 0.717) is 24.6 Å². The third-order valence-corrected chi connectivity index (χ3v) is 6.34. The highest BCUT2D eigenvalue weighted by atomic mass is 32.2. The van der Waals surface area contributed by atoms with Crippen LogP contribution in [0.15, 0.2) is 21.3 Å². The molecule has 1 aliphatic heterocycles. The number of thiophene rings is 1. The second kappa shape index (κ2) is 6.04. The highest BCUT2D eigenvalue weighted by Crippen LogP contribution is 2.23. The Balaban J connectivity index is 1.54. The van der Waals surface area contributed by atoms with E-state index in [0.717, 1.165) is 5.56 Å². The summed E-state index contributed by atoms with van der Waals surface area (Å²) < 4.78 is 28.2. The molecular weight excluding hydrogens is 338 g/mol. The van der Waals surface area contributed by atoms with Gasteiger partial charge in [-0.25, -0.2) is 8.42 Å². The van der Waals surface area contributed by atoms with E-state index < -0.39 is 15.4 Å². The van der Waals surface area contributed by atoms with Gasteiger partial charge in [0.25, 0.3) is 0 Å². The van der Waals surface area contributed by atoms with Crippen molar-refractivity contribution in [3.8, 4) is 11.4 Å². The first-order valence-corrected chi connectivity index (χ1v) is 9.98. The normalized spacial score (nSPS) is 23.0. The van der Waals surface area contributed by atoms with E-state index in [4.69, 9.17) is 4.52 Å². The molecule has 0 bridgehead atoms. The Morgan fingerprint density at radius 3 is 3.00 bits per heavy atom. The summed E-state index contributed by atoms with van der Waals surface area (Å²) in [5.41, 5.74) is 0.213. The molecule has 1 saturated heterocycles. The van der Waals surface area contributed by atoms with Crippen molar-refractivity contribution in [2.24, 2.45) is 0 Å². The predicted molar refractivity (Wildman–Crippen MR) is 85.8 cm³/mol. The molecule has 0 aliphatic carbocycles. The van der Waals surface area contributed by atoms with Crippen LogP contribution in [0.2, 0.25) is 0 Å². The zero-order chi connectivity index (χ0) is 16.5. The van der Waals surface area contributed by atoms with Crippen LogP contribution >= 0.6 is 11.3 Å². The molecule has 2 aromatic heterocycles. The van der Waals surface area contributed by atoms with Crippen molar-refractivity contribution in [2.45, 2.75) is 31.7 Å². The Labute approximate surface area is 138 Å². The largest absolute Gasteiger partial charge is 0.350 e. The summed E-state index contributed by atoms with van der Waals surface area (Å²) in [7, 11) is -3.04. The average Bonchev–Trinajstić information content (AvgIpc) is 3.17. The molecule has 1 N–H and O–H groups in total. The summed E-state index contributed by atoms with van der Waals surface area (Å²) in [6.07, 6.45) is 0.955. The van der Waals surface area contributed by atoms with Crippen molar-refractivity contribution in [3.05, 3.63) is 22.7 Å². The van der Waals surface area contributed by atoms with Crippen LogP contribution in [0.1, 0.15) is 25.7 Å². The minimum atomic E-state index is -3.04. The van der Waals surface area contributed by atoms with Gasteiger partial charge < -0.3 is 9.84 Å². The Hall–Kier alpha value is -1.74. The molecule has 0 aromatic carbocycles. The number of nitrogens with zero attached hydrogens (tertiary/aromatic N) is 2. The number of rotatable bonds is 5. The van der Waals surface area contributed by atoms with E-state index in [-0.39, 0.29) is 23.8 Å². The van der Waals surface area contributed by atoms with Gasteiger partial charge >= 0.3 is 0 Å². The summed E-state index contributed by atoms with van der Waals surface area (Å²) in [5, 5.41) is 10.5. The van der Waals surface area contributed by atoms with E-state index in [1.807, 2.05) is 16.8 Å². The molecule has 0 radical (unpaired) electrons. The van der Waals surface area contributed by atoms with Crippen LogP contribution in [-0.2, 0) is 21.1 Å². The molecule has 1 fully saturated rings. The minimum absolute atomic E-state index is 0.00536. The first-order valence-electron chi connectivity index (χ1n) is 7.22. The summed E-state index contributed by atoms with van der Waals surface area (Å²) >= 11 is 1.54. The zero-order valence-corrected chi connectivity index (χ0v) is 14.2. The number of aromatic nitrogens is 2. The van der Waals surface area contributed by atoms with Gasteiger partial charge in [-0.15, -0.1) is 0 Å². The molecule has 3 rings (SSSR count). The van der Waals surface area contributed by atoms with Gasteiger partial charge in [0.1, 0.15) is 0 Å². The van der Waals surface area contributed by atoms with Crippen molar-refractivity contribution < 1.29 is 17.7 Å². The van der Waals surface area contributed by atoms with E-state index in [2.05, 4.69) is 15.5 Å². The van der Waals surface area contributed by atoms with Gasteiger partial charge in [0, 0.05) is 23.8 Å². The third kappa shape index (κ3) is 3.97. The van der Waals surface area contributed by atoms with Gasteiger partial charge in [0.15, 0.2) is 9.84 Å². The fraction of sp³-hybridized carbons (Fsp3) is 0.500. The summed E-state index contributed by atoms with van der Waals surface area (Å²) in [6.45, 7) is 1.76. The number of aryl methyl sites for hydroxylation is 1. The average molecular weight is 355 g/mol. The molecular formula is C14H17N3O4S2. The van der Waals surface area contributed by atoms with Crippen LogP contribution in [-0.4, -0.2) is 41.5 Å². The smallest absolute Gasteiger partial charge is 0.227 e. The number of hydrogen-bond acceptors (Lipinski definition) is 7. The zero-order valence-electron chi connectivity index (χ0n) is 12.6. The molecule has 124 valence electrons. The SMILES string of the molecule is CC1(NC(=O)CCc2nc(-c3ccsc3)no2)CCS(=O)(=O)C1. The number of hydrogen-bond donors (Lipinski definition) is 1. The van der Waals surface area contributed by atoms with Crippen molar-refractivity contribution in [3.63, 3.8) is 0 Å². The van der Waals surface area contributed by atoms with Crippen LogP contribution in [0.4, 0.5) is 0 Å². The molecule has 3 heterocycles. The van der Waals surface area contributed by atoms with Gasteiger partial charge in [-0.3, -0.25) is 4.79 Å². The maximum atomic E-state index is 12.0. The number of carbonyl (C=O) groups excluding carboxylic acids is 1. The third-order valence-electron chi connectivity index (χ3n) is 3.76. The highest BCUT2D eigenvalue weighted by molar-refractivity contribution is 7.91. The number of sulfone groups is 1. The standard InChI is InChI=1S/C14H17N3O4S2/c1-14(5-7-23(19,20)9-14)16-11(18)2-3-12-15-13(17-21-12)10-4-6-22-8-10/h4,6,8H,2-3,5,7,9H2,1H3,(H,16,18). The first-order chi connectivity index (χ1) is 10.9. The van der Waals surface area contributed by atoms with Crippen molar-refractivity contribution >= 4 is 27.1 Å². The summed E-state index contributed by atoms with van der Waals surface area (Å²) in [5.74, 6) is 0.812. The van der Waals surface area contributed by atoms with E-state index in [1.54, 1.807) is 18.3 Å². The second-order valence-electron chi connectivity index (χ2n) is 5.97. The van der Waals surface area contributed by atoms with Crippen LogP contribution in [0.3, 0.4) is 0 Å². The Morgan fingerprint density at radius 1 is 1.52 bits per heavy atom. The van der Waals surface area contributed by atoms with Crippen molar-refractivity contribution in [2.75, 3.05) is 11.5 Å². The van der Waals surface area contributed by atoms with Crippen molar-refractivity contribution in [1.29, 1.82) is 0 Å². The van der Waals surface area contributed by atoms with E-state index in [9.17, 15) is 13.2 Å². The van der Waals surface area contributed by atoms with Crippen LogP contribution in [0.5, 0.6) is 0 Å². The fourth-order valence-electron chi connectivity index (χ4n) is 2.59. The molecule has 0 saturated carbocycles. The molecule has 9 heteroatoms. The van der Waals surface area contributed by atoms with E-state index in [1.165, 1.54) is 0 Å². The van der Waals surface area contributed by atoms with Gasteiger partial charge in [0.05, 0.1) is 17.0 Å². The Bertz CT molecular complexity index is 798. The molecule has 1 unspecified atom stereocenters. The first kappa shape index (κ1) is 16.1. The van der Waals surface area contributed by atoms with Crippen LogP contribution in [0, 0.1) is 0 Å². The number of carbonyl (C=O) groups is 1. The Kier molecular flexibility index (Phi) is 4.24. The predicted octanol–water partition coefficient (Wildman–Crippen LogP) is 1.42. The van der Waals surface area contributed by atoms with Gasteiger partial charge in [0.2, 0.25) is 17.6 Å². The van der Waals surface area contributed by atoms with Gasteiger partial charge in [-0.2, -0.15) is 16.3 Å². The van der Waals surface area contributed by atoms with Crippen LogP contribution < -0.4 is 5.32 Å². The highest BCUT2D eigenvalue weighted by Gasteiger charge is 2.39. The van der Waals surface area contributed by atoms with Gasteiger partial charge in [-0.05, 0) is 24.8 Å². The van der Waals surface area contributed by atoms with Crippen LogP contribution in [0.25, 0.3) is 11.4 Å². The molecule has 1 amide bonds. The maximum absolute atomic E-state index is 12.0. The number of nitrogens with one attached hydrogen (secondary N) is 1. The maximum Gasteiger partial charge on any atom is 0.227 e. The summed E-state index contributed by atoms with van der Waals surface area (Å²) in [6, 6.07) is 1.90. The molecule has 0 spiro atoms. The monoisotopic (exact) mass is 355 g/mol. The lowest BCUT2D eigenvalue weighted by atomic mass is 10.0. The topological polar surface area (TPSA) is 102 Å². The molecule has 1 aliphatic rings. The van der Waals surface area contributed by atoms with Gasteiger partial charge in [-0.1, -0.05) is 5.16 Å². The number of amides is 1. The van der Waals surface area contributed by atoms with Crippen molar-refractivity contribution in [1.82, 2.24) is 15.5 Å². The molecule has 2 aromatic rings. The van der Waals surface area contributed by atoms with E-state index >= 15 is 0 Å². The minimum Gasteiger partial charge on any atom is -0.350 e. The molecule has 1 atom stereocenters. The lowest BCUT2D eigenvalue weighted by Gasteiger charge is -2.23. The molecule has 7 nitrogen and oxygen atoms in total. The summed E-state index contributed by atoms with van der Waals surface area (Å²) in [4.78, 5) is 16.3. The molecule has 23 heavy (non-hydrogen) atoms. The quantitative estimate of drug-likeness (QED) is 0.870. The fourth-order valence-corrected chi connectivity index (χ4v) is 5.32. The second-order valence-corrected chi connectivity index (χ2v) is 8.94. The lowest BCUT2D eigenvalue weighted by molar-refractivity contribution is -0.122.